The molecule has 0 aliphatic rings. The van der Waals surface area contributed by atoms with Gasteiger partial charge in [0.25, 0.3) is 0 Å². The van der Waals surface area contributed by atoms with Crippen molar-refractivity contribution in [1.82, 2.24) is 14.9 Å². The number of nitrogens with zero attached hydrogens (tertiary/aromatic N) is 3. The lowest BCUT2D eigenvalue weighted by Gasteiger charge is -2.30. The summed E-state index contributed by atoms with van der Waals surface area (Å²) in [4.78, 5) is 20.8. The molecule has 0 aromatic carbocycles. The van der Waals surface area contributed by atoms with E-state index in [0.29, 0.717) is 19.6 Å². The van der Waals surface area contributed by atoms with Crippen molar-refractivity contribution in [3.05, 3.63) is 59.2 Å². The molecule has 2 N–H and O–H groups in total. The fourth-order valence-corrected chi connectivity index (χ4v) is 5.35. The Bertz CT molecular complexity index is 960. The highest BCUT2D eigenvalue weighted by atomic mass is 31.2. The van der Waals surface area contributed by atoms with Crippen molar-refractivity contribution in [2.75, 3.05) is 13.7 Å². The average molecular weight is 452 g/mol. The van der Waals surface area contributed by atoms with Crippen LogP contribution in [0.5, 0.6) is 0 Å². The van der Waals surface area contributed by atoms with Gasteiger partial charge in [-0.15, -0.1) is 0 Å². The molecule has 0 saturated carbocycles. The van der Waals surface area contributed by atoms with Crippen LogP contribution in [0.1, 0.15) is 35.4 Å². The van der Waals surface area contributed by atoms with Crippen LogP contribution < -0.4 is 0 Å². The molecule has 0 amide bonds. The molecule has 2 aromatic heterocycles. The third-order valence-electron chi connectivity index (χ3n) is 4.97. The maximum atomic E-state index is 12.2. The molecule has 0 aliphatic carbocycles. The van der Waals surface area contributed by atoms with Crippen molar-refractivity contribution in [3.8, 4) is 0 Å². The second-order valence-corrected chi connectivity index (χ2v) is 11.1. The highest BCUT2D eigenvalue weighted by Gasteiger charge is 2.45. The maximum absolute atomic E-state index is 12.2. The third-order valence-corrected chi connectivity index (χ3v) is 8.87. The van der Waals surface area contributed by atoms with Crippen molar-refractivity contribution in [1.29, 1.82) is 0 Å². The summed E-state index contributed by atoms with van der Waals surface area (Å²) in [6.07, 6.45) is 8.88. The molecule has 2 rings (SSSR count). The van der Waals surface area contributed by atoms with E-state index < -0.39 is 20.1 Å². The van der Waals surface area contributed by atoms with Gasteiger partial charge in [0.15, 0.2) is 0 Å². The number of aromatic nitrogens is 2. The lowest BCUT2D eigenvalue weighted by molar-refractivity contribution is 0.138. The quantitative estimate of drug-likeness (QED) is 0.394. The summed E-state index contributed by atoms with van der Waals surface area (Å²) in [6, 6.07) is 7.65. The zero-order valence-electron chi connectivity index (χ0n) is 17.4. The van der Waals surface area contributed by atoms with Crippen LogP contribution in [-0.2, 0) is 26.7 Å². The predicted octanol–water partition coefficient (Wildman–Crippen LogP) is 3.49. The van der Waals surface area contributed by atoms with Gasteiger partial charge in [-0.2, -0.15) is 0 Å². The van der Waals surface area contributed by atoms with Gasteiger partial charge in [0.05, 0.1) is 11.4 Å². The molecule has 3 atom stereocenters. The van der Waals surface area contributed by atoms with E-state index in [1.54, 1.807) is 6.20 Å². The average Bonchev–Trinajstić information content (AvgIpc) is 2.71. The van der Waals surface area contributed by atoms with Gasteiger partial charge in [0, 0.05) is 32.6 Å². The Labute approximate surface area is 177 Å². The first kappa shape index (κ1) is 24.6. The molecule has 2 heterocycles. The largest absolute Gasteiger partial charge is 0.442 e. The van der Waals surface area contributed by atoms with Crippen LogP contribution >= 0.6 is 15.0 Å². The fraction of sp³-hybridized carbons (Fsp3) is 0.450. The maximum Gasteiger partial charge on any atom is 0.367 e. The Morgan fingerprint density at radius 2 is 1.93 bits per heavy atom. The molecule has 0 radical (unpaired) electrons. The number of rotatable bonds is 11. The summed E-state index contributed by atoms with van der Waals surface area (Å²) in [6.45, 7) is 5.48. The first-order chi connectivity index (χ1) is 14.1. The van der Waals surface area contributed by atoms with Crippen LogP contribution in [0.4, 0.5) is 0 Å². The fourth-order valence-electron chi connectivity index (χ4n) is 2.99. The second-order valence-electron chi connectivity index (χ2n) is 7.20. The lowest BCUT2D eigenvalue weighted by Crippen LogP contribution is -2.29. The van der Waals surface area contributed by atoms with Crippen molar-refractivity contribution < 1.29 is 23.7 Å². The predicted molar refractivity (Wildman–Crippen MR) is 117 cm³/mol. The van der Waals surface area contributed by atoms with Gasteiger partial charge < -0.3 is 25.4 Å². The number of hydrogen-bond donors (Lipinski definition) is 2. The standard InChI is InChI=1S/C20H28N3O5P2/c1-16-12-19(22-13-17(16)2)15-23(14-18-8-5-6-10-21-18)11-7-9-20(24,29(4)25)30(26,27)28-3/h4-6,8,10,12-13,24H,7,9,11,14-15H2,1-3H3,(H,26,27)/q-1. The molecule has 8 nitrogen and oxygen atoms in total. The molecule has 0 bridgehead atoms. The molecule has 0 fully saturated rings. The van der Waals surface area contributed by atoms with Crippen molar-refractivity contribution >= 4 is 21.3 Å². The Hall–Kier alpha value is -1.66. The smallest absolute Gasteiger partial charge is 0.367 e. The number of hydrogen-bond acceptors (Lipinski definition) is 7. The number of aryl methyl sites for hydroxylation is 2. The van der Waals surface area contributed by atoms with Crippen LogP contribution in [-0.4, -0.2) is 49.9 Å². The molecule has 0 aliphatic heterocycles. The summed E-state index contributed by atoms with van der Waals surface area (Å²) >= 11 is 0. The third kappa shape index (κ3) is 6.17. The molecular formula is C20H28N3O5P2-. The van der Waals surface area contributed by atoms with Crippen LogP contribution in [0, 0.1) is 13.8 Å². The first-order valence-electron chi connectivity index (χ1n) is 9.46. The van der Waals surface area contributed by atoms with E-state index in [4.69, 9.17) is 6.30 Å². The van der Waals surface area contributed by atoms with Gasteiger partial charge in [-0.25, -0.2) is 0 Å². The van der Waals surface area contributed by atoms with Crippen molar-refractivity contribution in [3.63, 3.8) is 0 Å². The molecule has 164 valence electrons. The molecule has 3 unspecified atom stereocenters. The summed E-state index contributed by atoms with van der Waals surface area (Å²) in [5, 5.41) is 7.99. The molecule has 2 aromatic rings. The van der Waals surface area contributed by atoms with E-state index in [1.807, 2.05) is 44.3 Å². The minimum atomic E-state index is -4.55. The zero-order valence-corrected chi connectivity index (χ0v) is 19.2. The Balaban J connectivity index is 2.16. The van der Waals surface area contributed by atoms with E-state index >= 15 is 0 Å². The van der Waals surface area contributed by atoms with Crippen LogP contribution in [0.2, 0.25) is 0 Å². The van der Waals surface area contributed by atoms with Gasteiger partial charge in [0.1, 0.15) is 0 Å². The number of aliphatic hydroxyl groups is 1. The van der Waals surface area contributed by atoms with Crippen LogP contribution in [0.25, 0.3) is 0 Å². The van der Waals surface area contributed by atoms with E-state index in [2.05, 4.69) is 19.4 Å². The highest BCUT2D eigenvalue weighted by Crippen LogP contribution is 2.62. The monoisotopic (exact) mass is 452 g/mol. The SMILES string of the molecule is [CH-]=P(=O)C(O)(CCCN(Cc1ccccn1)Cc1cc(C)c(C)cn1)P(=O)(O)OC. The minimum Gasteiger partial charge on any atom is -0.442 e. The minimum absolute atomic E-state index is 0.251. The normalized spacial score (nSPS) is 16.1. The van der Waals surface area contributed by atoms with Crippen LogP contribution in [0.3, 0.4) is 0 Å². The van der Waals surface area contributed by atoms with Crippen molar-refractivity contribution in [2.24, 2.45) is 0 Å². The highest BCUT2D eigenvalue weighted by molar-refractivity contribution is 7.68. The zero-order chi connectivity index (χ0) is 22.4. The Morgan fingerprint density at radius 3 is 2.50 bits per heavy atom. The van der Waals surface area contributed by atoms with E-state index in [1.165, 1.54) is 0 Å². The van der Waals surface area contributed by atoms with Gasteiger partial charge in [-0.3, -0.25) is 19.4 Å². The van der Waals surface area contributed by atoms with E-state index in [0.717, 1.165) is 29.6 Å². The first-order valence-corrected chi connectivity index (χ1v) is 12.4. The van der Waals surface area contributed by atoms with Gasteiger partial charge >= 0.3 is 7.60 Å². The van der Waals surface area contributed by atoms with Gasteiger partial charge in [-0.05, 0) is 62.6 Å². The number of pyridine rings is 2. The topological polar surface area (TPSA) is 113 Å². The molecule has 10 heteroatoms. The second kappa shape index (κ2) is 10.6. The summed E-state index contributed by atoms with van der Waals surface area (Å²) in [7, 11) is -6.43. The summed E-state index contributed by atoms with van der Waals surface area (Å²) < 4.78 is 28.5. The lowest BCUT2D eigenvalue weighted by atomic mass is 10.1. The van der Waals surface area contributed by atoms with Gasteiger partial charge in [0.2, 0.25) is 5.08 Å². The molecular weight excluding hydrogens is 424 g/mol. The molecule has 30 heavy (non-hydrogen) atoms. The van der Waals surface area contributed by atoms with E-state index in [-0.39, 0.29) is 12.8 Å². The Morgan fingerprint density at radius 1 is 1.23 bits per heavy atom. The van der Waals surface area contributed by atoms with E-state index in [9.17, 15) is 19.1 Å². The summed E-state index contributed by atoms with van der Waals surface area (Å²) in [5.74, 6) is 0. The Kier molecular flexibility index (Phi) is 8.68. The van der Waals surface area contributed by atoms with Crippen LogP contribution in [0.15, 0.2) is 36.7 Å². The summed E-state index contributed by atoms with van der Waals surface area (Å²) in [5.41, 5.74) is 3.96. The van der Waals surface area contributed by atoms with Crippen molar-refractivity contribution in [2.45, 2.75) is 44.9 Å². The molecule has 0 spiro atoms. The molecule has 0 saturated heterocycles. The van der Waals surface area contributed by atoms with Gasteiger partial charge in [-0.1, -0.05) is 13.5 Å².